The second-order valence-corrected chi connectivity index (χ2v) is 4.29. The number of carbonyl (C=O) groups is 1. The largest absolute Gasteiger partial charge is 0.358 e. The molecule has 0 unspecified atom stereocenters. The molecule has 1 rings (SSSR count). The fourth-order valence-corrected chi connectivity index (χ4v) is 2.27. The van der Waals surface area contributed by atoms with Crippen molar-refractivity contribution in [3.05, 3.63) is 9.98 Å². The summed E-state index contributed by atoms with van der Waals surface area (Å²) in [5.74, 6) is -0.00169. The van der Waals surface area contributed by atoms with Gasteiger partial charge in [-0.05, 0) is 22.9 Å². The van der Waals surface area contributed by atoms with E-state index in [2.05, 4.69) is 26.2 Å². The highest BCUT2D eigenvalue weighted by molar-refractivity contribution is 9.10. The second kappa shape index (κ2) is 5.31. The number of nitrogens with zero attached hydrogens (tertiary/aromatic N) is 2. The minimum absolute atomic E-state index is 0.00169. The lowest BCUT2D eigenvalue weighted by Crippen LogP contribution is -2.35. The van der Waals surface area contributed by atoms with E-state index in [4.69, 9.17) is 0 Å². The normalized spacial score (nSPS) is 9.93. The quantitative estimate of drug-likeness (QED) is 0.907. The lowest BCUT2D eigenvalue weighted by molar-refractivity contribution is -0.119. The Labute approximate surface area is 95.5 Å². The first-order chi connectivity index (χ1) is 6.67. The molecule has 1 aromatic heterocycles. The van der Waals surface area contributed by atoms with Crippen molar-refractivity contribution in [3.63, 3.8) is 0 Å². The minimum atomic E-state index is -0.00169. The van der Waals surface area contributed by atoms with Crippen LogP contribution in [0.3, 0.4) is 0 Å². The molecule has 0 aliphatic rings. The highest BCUT2D eigenvalue weighted by Crippen LogP contribution is 2.22. The van der Waals surface area contributed by atoms with Gasteiger partial charge >= 0.3 is 0 Å². The van der Waals surface area contributed by atoms with Gasteiger partial charge in [-0.3, -0.25) is 4.79 Å². The van der Waals surface area contributed by atoms with Crippen molar-refractivity contribution in [2.75, 3.05) is 25.0 Å². The molecule has 0 atom stereocenters. The van der Waals surface area contributed by atoms with Crippen LogP contribution in [0, 0.1) is 0 Å². The third-order valence-electron chi connectivity index (χ3n) is 1.73. The van der Waals surface area contributed by atoms with Gasteiger partial charge in [-0.25, -0.2) is 4.98 Å². The van der Waals surface area contributed by atoms with Gasteiger partial charge in [0.2, 0.25) is 5.91 Å². The Kier molecular flexibility index (Phi) is 4.34. The monoisotopic (exact) mass is 277 g/mol. The zero-order valence-electron chi connectivity index (χ0n) is 8.08. The third-order valence-corrected chi connectivity index (χ3v) is 3.34. The number of aromatic nitrogens is 1. The zero-order valence-corrected chi connectivity index (χ0v) is 10.5. The minimum Gasteiger partial charge on any atom is -0.358 e. The van der Waals surface area contributed by atoms with Crippen LogP contribution in [0.4, 0.5) is 5.13 Å². The number of hydrogen-bond donors (Lipinski definition) is 1. The number of nitrogens with one attached hydrogen (secondary N) is 1. The van der Waals surface area contributed by atoms with Crippen molar-refractivity contribution >= 4 is 38.3 Å². The van der Waals surface area contributed by atoms with Crippen molar-refractivity contribution in [1.29, 1.82) is 0 Å². The van der Waals surface area contributed by atoms with E-state index >= 15 is 0 Å². The van der Waals surface area contributed by atoms with Crippen LogP contribution >= 0.6 is 27.3 Å². The van der Waals surface area contributed by atoms with Gasteiger partial charge in [-0.2, -0.15) is 0 Å². The van der Waals surface area contributed by atoms with Crippen LogP contribution in [0.2, 0.25) is 0 Å². The SMILES string of the molecule is CCN(CC(=O)NC)c1nc(Br)cs1. The standard InChI is InChI=1S/C8H12BrN3OS/c1-3-12(4-7(13)10-2)8-11-6(9)5-14-8/h5H,3-4H2,1-2H3,(H,10,13). The summed E-state index contributed by atoms with van der Waals surface area (Å²) in [4.78, 5) is 17.3. The van der Waals surface area contributed by atoms with Crippen LogP contribution in [0.15, 0.2) is 9.98 Å². The number of thiazole rings is 1. The van der Waals surface area contributed by atoms with Crippen LogP contribution in [0.5, 0.6) is 0 Å². The predicted octanol–water partition coefficient (Wildman–Crippen LogP) is 1.48. The Hall–Kier alpha value is -0.620. The Bertz CT molecular complexity index is 315. The summed E-state index contributed by atoms with van der Waals surface area (Å²) in [6.45, 7) is 3.12. The average Bonchev–Trinajstić information content (AvgIpc) is 2.60. The van der Waals surface area contributed by atoms with E-state index in [0.717, 1.165) is 16.3 Å². The lowest BCUT2D eigenvalue weighted by atomic mass is 10.5. The zero-order chi connectivity index (χ0) is 10.6. The highest BCUT2D eigenvalue weighted by atomic mass is 79.9. The molecule has 6 heteroatoms. The van der Waals surface area contributed by atoms with E-state index in [1.165, 1.54) is 11.3 Å². The molecule has 0 spiro atoms. The van der Waals surface area contributed by atoms with Crippen LogP contribution in [-0.4, -0.2) is 31.0 Å². The molecule has 14 heavy (non-hydrogen) atoms. The van der Waals surface area contributed by atoms with E-state index in [1.807, 2.05) is 17.2 Å². The van der Waals surface area contributed by atoms with Crippen LogP contribution in [-0.2, 0) is 4.79 Å². The fraction of sp³-hybridized carbons (Fsp3) is 0.500. The van der Waals surface area contributed by atoms with Crippen molar-refractivity contribution in [3.8, 4) is 0 Å². The van der Waals surface area contributed by atoms with Gasteiger partial charge < -0.3 is 10.2 Å². The maximum absolute atomic E-state index is 11.2. The third kappa shape index (κ3) is 2.95. The van der Waals surface area contributed by atoms with E-state index in [0.29, 0.717) is 6.54 Å². The molecule has 0 aromatic carbocycles. The van der Waals surface area contributed by atoms with E-state index in [9.17, 15) is 4.79 Å². The topological polar surface area (TPSA) is 45.2 Å². The number of rotatable bonds is 4. The lowest BCUT2D eigenvalue weighted by Gasteiger charge is -2.18. The van der Waals surface area contributed by atoms with Crippen molar-refractivity contribution in [2.45, 2.75) is 6.92 Å². The molecule has 1 heterocycles. The maximum Gasteiger partial charge on any atom is 0.239 e. The van der Waals surface area contributed by atoms with Crippen LogP contribution < -0.4 is 10.2 Å². The summed E-state index contributed by atoms with van der Waals surface area (Å²) in [5, 5.41) is 5.36. The molecular formula is C8H12BrN3OS. The van der Waals surface area contributed by atoms with Gasteiger partial charge in [0.25, 0.3) is 0 Å². The van der Waals surface area contributed by atoms with Gasteiger partial charge in [0, 0.05) is 19.0 Å². The number of anilines is 1. The smallest absolute Gasteiger partial charge is 0.239 e. The van der Waals surface area contributed by atoms with Gasteiger partial charge in [-0.15, -0.1) is 11.3 Å². The molecule has 0 saturated heterocycles. The molecular weight excluding hydrogens is 266 g/mol. The van der Waals surface area contributed by atoms with Crippen LogP contribution in [0.1, 0.15) is 6.92 Å². The van der Waals surface area contributed by atoms with Crippen LogP contribution in [0.25, 0.3) is 0 Å². The second-order valence-electron chi connectivity index (χ2n) is 2.64. The number of hydrogen-bond acceptors (Lipinski definition) is 4. The number of carbonyl (C=O) groups excluding carboxylic acids is 1. The molecule has 1 amide bonds. The Balaban J connectivity index is 2.67. The number of likely N-dealkylation sites (N-methyl/N-ethyl adjacent to an activating group) is 2. The average molecular weight is 278 g/mol. The van der Waals surface area contributed by atoms with Crippen molar-refractivity contribution in [1.82, 2.24) is 10.3 Å². The fourth-order valence-electron chi connectivity index (χ4n) is 0.958. The molecule has 0 bridgehead atoms. The first kappa shape index (κ1) is 11.5. The van der Waals surface area contributed by atoms with Gasteiger partial charge in [0.15, 0.2) is 5.13 Å². The molecule has 0 aliphatic heterocycles. The number of amides is 1. The van der Waals surface area contributed by atoms with Gasteiger partial charge in [0.1, 0.15) is 4.60 Å². The first-order valence-corrected chi connectivity index (χ1v) is 5.91. The molecule has 4 nitrogen and oxygen atoms in total. The predicted molar refractivity (Wildman–Crippen MR) is 61.8 cm³/mol. The summed E-state index contributed by atoms with van der Waals surface area (Å²) in [5.41, 5.74) is 0. The Morgan fingerprint density at radius 2 is 2.50 bits per heavy atom. The molecule has 0 radical (unpaired) electrons. The highest BCUT2D eigenvalue weighted by Gasteiger charge is 2.11. The Morgan fingerprint density at radius 1 is 1.79 bits per heavy atom. The van der Waals surface area contributed by atoms with E-state index in [-0.39, 0.29) is 5.91 Å². The molecule has 0 aliphatic carbocycles. The van der Waals surface area contributed by atoms with Crippen molar-refractivity contribution in [2.24, 2.45) is 0 Å². The summed E-state index contributed by atoms with van der Waals surface area (Å²) in [6.07, 6.45) is 0. The molecule has 0 saturated carbocycles. The summed E-state index contributed by atoms with van der Waals surface area (Å²) < 4.78 is 0.813. The number of halogens is 1. The first-order valence-electron chi connectivity index (χ1n) is 4.24. The van der Waals surface area contributed by atoms with E-state index in [1.54, 1.807) is 7.05 Å². The molecule has 1 N–H and O–H groups in total. The maximum atomic E-state index is 11.2. The van der Waals surface area contributed by atoms with E-state index < -0.39 is 0 Å². The van der Waals surface area contributed by atoms with Gasteiger partial charge in [-0.1, -0.05) is 0 Å². The summed E-state index contributed by atoms with van der Waals surface area (Å²) in [7, 11) is 1.63. The van der Waals surface area contributed by atoms with Crippen molar-refractivity contribution < 1.29 is 4.79 Å². The molecule has 1 aromatic rings. The summed E-state index contributed by atoms with van der Waals surface area (Å²) in [6, 6.07) is 0. The summed E-state index contributed by atoms with van der Waals surface area (Å²) >= 11 is 4.81. The molecule has 0 fully saturated rings. The molecule has 78 valence electrons. The van der Waals surface area contributed by atoms with Gasteiger partial charge in [0.05, 0.1) is 6.54 Å². The Morgan fingerprint density at radius 3 is 2.93 bits per heavy atom.